The Hall–Kier alpha value is -1.20. The number of morpholine rings is 1. The number of hydrogen-bond acceptors (Lipinski definition) is 5. The summed E-state index contributed by atoms with van der Waals surface area (Å²) in [7, 11) is 2.04. The maximum atomic E-state index is 5.45. The van der Waals surface area contributed by atoms with Crippen LogP contribution in [0.15, 0.2) is 12.4 Å². The zero-order valence-corrected chi connectivity index (χ0v) is 12.1. The molecule has 1 aliphatic heterocycles. The molecule has 1 aliphatic rings. The molecule has 0 bridgehead atoms. The van der Waals surface area contributed by atoms with E-state index in [2.05, 4.69) is 34.0 Å². The molecule has 5 heteroatoms. The molecule has 19 heavy (non-hydrogen) atoms. The van der Waals surface area contributed by atoms with Crippen molar-refractivity contribution in [3.8, 4) is 0 Å². The van der Waals surface area contributed by atoms with Gasteiger partial charge < -0.3 is 15.0 Å². The maximum Gasteiger partial charge on any atom is 0.224 e. The van der Waals surface area contributed by atoms with Crippen LogP contribution in [0.3, 0.4) is 0 Å². The standard InChI is InChI=1S/C14H24N4O/c1-11(2)12-8-16-14(17-9-12)18(3)6-4-13-10-19-7-5-15-13/h8-9,11,13,15H,4-7,10H2,1-3H3. The normalized spacial score (nSPS) is 19.7. The van der Waals surface area contributed by atoms with E-state index >= 15 is 0 Å². The van der Waals surface area contributed by atoms with Crippen LogP contribution in [0.1, 0.15) is 31.7 Å². The Labute approximate surface area is 115 Å². The lowest BCUT2D eigenvalue weighted by atomic mass is 10.1. The molecule has 1 fully saturated rings. The largest absolute Gasteiger partial charge is 0.379 e. The van der Waals surface area contributed by atoms with Crippen LogP contribution >= 0.6 is 0 Å². The summed E-state index contributed by atoms with van der Waals surface area (Å²) in [5, 5.41) is 3.46. The van der Waals surface area contributed by atoms with Gasteiger partial charge in [-0.25, -0.2) is 9.97 Å². The second-order valence-electron chi connectivity index (χ2n) is 5.41. The van der Waals surface area contributed by atoms with Gasteiger partial charge in [-0.3, -0.25) is 0 Å². The van der Waals surface area contributed by atoms with Crippen molar-refractivity contribution in [2.45, 2.75) is 32.2 Å². The molecule has 0 aromatic carbocycles. The molecule has 0 amide bonds. The molecule has 2 heterocycles. The van der Waals surface area contributed by atoms with E-state index in [1.165, 1.54) is 5.56 Å². The van der Waals surface area contributed by atoms with Crippen molar-refractivity contribution >= 4 is 5.95 Å². The summed E-state index contributed by atoms with van der Waals surface area (Å²) in [6.07, 6.45) is 4.89. The highest BCUT2D eigenvalue weighted by molar-refractivity contribution is 5.28. The van der Waals surface area contributed by atoms with E-state index in [0.717, 1.165) is 38.7 Å². The Kier molecular flexibility index (Phi) is 5.10. The first kappa shape index (κ1) is 14.2. The molecule has 1 N–H and O–H groups in total. The number of hydrogen-bond donors (Lipinski definition) is 1. The lowest BCUT2D eigenvalue weighted by Gasteiger charge is -2.26. The van der Waals surface area contributed by atoms with E-state index in [1.54, 1.807) is 0 Å². The topological polar surface area (TPSA) is 50.3 Å². The summed E-state index contributed by atoms with van der Waals surface area (Å²) in [6, 6.07) is 0.450. The molecule has 106 valence electrons. The van der Waals surface area contributed by atoms with Gasteiger partial charge in [0.15, 0.2) is 0 Å². The van der Waals surface area contributed by atoms with Gasteiger partial charge >= 0.3 is 0 Å². The van der Waals surface area contributed by atoms with Crippen LogP contribution in [0.2, 0.25) is 0 Å². The lowest BCUT2D eigenvalue weighted by molar-refractivity contribution is 0.0749. The number of anilines is 1. The third-order valence-electron chi connectivity index (χ3n) is 3.48. The second kappa shape index (κ2) is 6.82. The number of aromatic nitrogens is 2. The van der Waals surface area contributed by atoms with Crippen LogP contribution in [-0.2, 0) is 4.74 Å². The smallest absolute Gasteiger partial charge is 0.224 e. The maximum absolute atomic E-state index is 5.45. The monoisotopic (exact) mass is 264 g/mol. The zero-order valence-electron chi connectivity index (χ0n) is 12.1. The molecular formula is C14H24N4O. The van der Waals surface area contributed by atoms with Crippen LogP contribution in [0.4, 0.5) is 5.95 Å². The SMILES string of the molecule is CC(C)c1cnc(N(C)CCC2COCCN2)nc1. The first-order valence-electron chi connectivity index (χ1n) is 7.01. The van der Waals surface area contributed by atoms with Gasteiger partial charge in [-0.05, 0) is 17.9 Å². The van der Waals surface area contributed by atoms with Gasteiger partial charge in [0.05, 0.1) is 13.2 Å². The summed E-state index contributed by atoms with van der Waals surface area (Å²) < 4.78 is 5.45. The summed E-state index contributed by atoms with van der Waals surface area (Å²) in [6.45, 7) is 7.82. The lowest BCUT2D eigenvalue weighted by Crippen LogP contribution is -2.43. The third-order valence-corrected chi connectivity index (χ3v) is 3.48. The molecule has 1 atom stereocenters. The van der Waals surface area contributed by atoms with Crippen LogP contribution in [0.25, 0.3) is 0 Å². The predicted molar refractivity (Wildman–Crippen MR) is 76.6 cm³/mol. The predicted octanol–water partition coefficient (Wildman–Crippen LogP) is 1.41. The highest BCUT2D eigenvalue weighted by Crippen LogP contribution is 2.14. The van der Waals surface area contributed by atoms with Gasteiger partial charge in [0.1, 0.15) is 0 Å². The van der Waals surface area contributed by atoms with E-state index in [4.69, 9.17) is 4.74 Å². The van der Waals surface area contributed by atoms with E-state index < -0.39 is 0 Å². The van der Waals surface area contributed by atoms with Crippen molar-refractivity contribution in [1.29, 1.82) is 0 Å². The summed E-state index contributed by atoms with van der Waals surface area (Å²) >= 11 is 0. The molecular weight excluding hydrogens is 240 g/mol. The molecule has 1 aromatic heterocycles. The van der Waals surface area contributed by atoms with Crippen LogP contribution < -0.4 is 10.2 Å². The van der Waals surface area contributed by atoms with Crippen LogP contribution in [-0.4, -0.2) is 49.4 Å². The van der Waals surface area contributed by atoms with Crippen LogP contribution in [0, 0.1) is 0 Å². The van der Waals surface area contributed by atoms with Gasteiger partial charge in [0, 0.05) is 38.6 Å². The molecule has 0 spiro atoms. The molecule has 0 saturated carbocycles. The highest BCUT2D eigenvalue weighted by Gasteiger charge is 2.14. The molecule has 0 radical (unpaired) electrons. The molecule has 1 unspecified atom stereocenters. The Bertz CT molecular complexity index is 374. The average Bonchev–Trinajstić information content (AvgIpc) is 2.46. The molecule has 5 nitrogen and oxygen atoms in total. The van der Waals surface area contributed by atoms with Gasteiger partial charge in [0.25, 0.3) is 0 Å². The van der Waals surface area contributed by atoms with Crippen molar-refractivity contribution in [1.82, 2.24) is 15.3 Å². The summed E-state index contributed by atoms with van der Waals surface area (Å²) in [5.41, 5.74) is 1.18. The van der Waals surface area contributed by atoms with E-state index in [-0.39, 0.29) is 0 Å². The Morgan fingerprint density at radius 3 is 2.74 bits per heavy atom. The minimum atomic E-state index is 0.450. The van der Waals surface area contributed by atoms with E-state index in [0.29, 0.717) is 12.0 Å². The number of nitrogens with one attached hydrogen (secondary N) is 1. The van der Waals surface area contributed by atoms with Crippen molar-refractivity contribution in [2.24, 2.45) is 0 Å². The van der Waals surface area contributed by atoms with Gasteiger partial charge in [-0.1, -0.05) is 13.8 Å². The number of rotatable bonds is 5. The van der Waals surface area contributed by atoms with Crippen molar-refractivity contribution in [2.75, 3.05) is 38.3 Å². The van der Waals surface area contributed by atoms with Crippen LogP contribution in [0.5, 0.6) is 0 Å². The van der Waals surface area contributed by atoms with Crippen molar-refractivity contribution < 1.29 is 4.74 Å². The van der Waals surface area contributed by atoms with Gasteiger partial charge in [0.2, 0.25) is 5.95 Å². The van der Waals surface area contributed by atoms with Crippen molar-refractivity contribution in [3.05, 3.63) is 18.0 Å². The van der Waals surface area contributed by atoms with Crippen molar-refractivity contribution in [3.63, 3.8) is 0 Å². The minimum absolute atomic E-state index is 0.450. The first-order chi connectivity index (χ1) is 9.16. The Balaban J connectivity index is 1.83. The van der Waals surface area contributed by atoms with E-state index in [1.807, 2.05) is 19.4 Å². The highest BCUT2D eigenvalue weighted by atomic mass is 16.5. The quantitative estimate of drug-likeness (QED) is 0.871. The van der Waals surface area contributed by atoms with Gasteiger partial charge in [-0.2, -0.15) is 0 Å². The number of nitrogens with zero attached hydrogens (tertiary/aromatic N) is 3. The fourth-order valence-corrected chi connectivity index (χ4v) is 2.08. The molecule has 1 aromatic rings. The summed E-state index contributed by atoms with van der Waals surface area (Å²) in [5.74, 6) is 1.27. The molecule has 2 rings (SSSR count). The Morgan fingerprint density at radius 1 is 1.42 bits per heavy atom. The minimum Gasteiger partial charge on any atom is -0.379 e. The summed E-state index contributed by atoms with van der Waals surface area (Å²) in [4.78, 5) is 11.0. The third kappa shape index (κ3) is 4.14. The number of ether oxygens (including phenoxy) is 1. The van der Waals surface area contributed by atoms with Gasteiger partial charge in [-0.15, -0.1) is 0 Å². The fraction of sp³-hybridized carbons (Fsp3) is 0.714. The fourth-order valence-electron chi connectivity index (χ4n) is 2.08. The second-order valence-corrected chi connectivity index (χ2v) is 5.41. The Morgan fingerprint density at radius 2 is 2.16 bits per heavy atom. The average molecular weight is 264 g/mol. The zero-order chi connectivity index (χ0) is 13.7. The van der Waals surface area contributed by atoms with E-state index in [9.17, 15) is 0 Å². The first-order valence-corrected chi connectivity index (χ1v) is 7.01. The molecule has 1 saturated heterocycles. The molecule has 0 aliphatic carbocycles.